The van der Waals surface area contributed by atoms with Crippen LogP contribution >= 0.6 is 23.6 Å². The van der Waals surface area contributed by atoms with Crippen LogP contribution in [0.3, 0.4) is 0 Å². The third-order valence-electron chi connectivity index (χ3n) is 4.55. The average Bonchev–Trinajstić information content (AvgIpc) is 3.07. The van der Waals surface area contributed by atoms with E-state index >= 15 is 0 Å². The number of nitrogens with zero attached hydrogens (tertiary/aromatic N) is 4. The monoisotopic (exact) mass is 382 g/mol. The molecular weight excluding hydrogens is 368 g/mol. The minimum Gasteiger partial charge on any atom is -0.384 e. The molecule has 0 saturated heterocycles. The van der Waals surface area contributed by atoms with Gasteiger partial charge in [-0.15, -0.1) is 5.10 Å². The van der Waals surface area contributed by atoms with Crippen LogP contribution in [-0.4, -0.2) is 21.0 Å². The second-order valence-corrected chi connectivity index (χ2v) is 7.64. The summed E-state index contributed by atoms with van der Waals surface area (Å²) in [4.78, 5) is 18.7. The fourth-order valence-corrected chi connectivity index (χ4v) is 4.42. The largest absolute Gasteiger partial charge is 0.384 e. The highest BCUT2D eigenvalue weighted by molar-refractivity contribution is 7.73. The number of anilines is 1. The van der Waals surface area contributed by atoms with Crippen molar-refractivity contribution >= 4 is 34.5 Å². The van der Waals surface area contributed by atoms with E-state index in [1.54, 1.807) is 23.4 Å². The summed E-state index contributed by atoms with van der Waals surface area (Å²) in [6.07, 6.45) is 5.21. The van der Waals surface area contributed by atoms with Gasteiger partial charge in [0, 0.05) is 30.1 Å². The summed E-state index contributed by atoms with van der Waals surface area (Å²) < 4.78 is 0.505. The highest BCUT2D eigenvalue weighted by atomic mass is 32.1. The van der Waals surface area contributed by atoms with Gasteiger partial charge < -0.3 is 5.73 Å². The fraction of sp³-hybridized carbons (Fsp3) is 0.235. The summed E-state index contributed by atoms with van der Waals surface area (Å²) in [5.41, 5.74) is 8.90. The lowest BCUT2D eigenvalue weighted by molar-refractivity contribution is -0.116. The number of Topliss-reactive ketones (excluding diaryl/α,β-unsaturated/α-hetero) is 1. The van der Waals surface area contributed by atoms with Crippen molar-refractivity contribution in [2.45, 2.75) is 25.2 Å². The number of H-pyrrole nitrogens is 1. The Balaban J connectivity index is 1.99. The van der Waals surface area contributed by atoms with E-state index in [9.17, 15) is 10.1 Å². The standard InChI is InChI=1S/C17H14N6OS2/c18-7-10-13(9-3-2-6-20-8-9)14-11(4-1-5-12(14)24)23(15(10)19)16-21-22-17(25)26-16/h2-3,6,8,13H,1,4-5,19H2,(H,22,25). The number of ketones is 1. The number of allylic oxidation sites excluding steroid dienone is 3. The summed E-state index contributed by atoms with van der Waals surface area (Å²) in [6, 6.07) is 5.86. The van der Waals surface area contributed by atoms with Crippen LogP contribution in [0, 0.1) is 15.3 Å². The van der Waals surface area contributed by atoms with E-state index in [0.29, 0.717) is 33.1 Å². The van der Waals surface area contributed by atoms with Crippen LogP contribution in [0.25, 0.3) is 0 Å². The molecule has 2 aromatic rings. The van der Waals surface area contributed by atoms with Crippen molar-refractivity contribution in [2.75, 3.05) is 4.90 Å². The molecule has 3 N–H and O–H groups in total. The van der Waals surface area contributed by atoms with E-state index in [1.165, 1.54) is 11.3 Å². The maximum Gasteiger partial charge on any atom is 0.216 e. The molecule has 0 radical (unpaired) electrons. The van der Waals surface area contributed by atoms with E-state index in [0.717, 1.165) is 17.7 Å². The number of nitriles is 1. The molecule has 9 heteroatoms. The number of carbonyl (C=O) groups excluding carboxylic acids is 1. The van der Waals surface area contributed by atoms with Gasteiger partial charge in [-0.2, -0.15) is 5.26 Å². The number of aromatic amines is 1. The van der Waals surface area contributed by atoms with Gasteiger partial charge in [-0.25, -0.2) is 0 Å². The molecule has 0 saturated carbocycles. The molecule has 0 aromatic carbocycles. The molecule has 1 atom stereocenters. The van der Waals surface area contributed by atoms with Gasteiger partial charge in [-0.05, 0) is 36.7 Å². The zero-order valence-corrected chi connectivity index (χ0v) is 15.2. The molecule has 26 heavy (non-hydrogen) atoms. The van der Waals surface area contributed by atoms with Crippen molar-refractivity contribution in [3.05, 3.63) is 56.7 Å². The van der Waals surface area contributed by atoms with Crippen molar-refractivity contribution < 1.29 is 4.79 Å². The van der Waals surface area contributed by atoms with Gasteiger partial charge in [0.05, 0.1) is 17.6 Å². The molecule has 3 heterocycles. The minimum absolute atomic E-state index is 0.0319. The van der Waals surface area contributed by atoms with E-state index < -0.39 is 5.92 Å². The summed E-state index contributed by atoms with van der Waals surface area (Å²) in [5, 5.41) is 17.3. The Labute approximate surface area is 158 Å². The molecule has 1 aliphatic carbocycles. The first-order valence-corrected chi connectivity index (χ1v) is 9.26. The van der Waals surface area contributed by atoms with Gasteiger partial charge in [0.15, 0.2) is 9.74 Å². The van der Waals surface area contributed by atoms with Crippen LogP contribution in [0.2, 0.25) is 0 Å². The molecule has 0 spiro atoms. The van der Waals surface area contributed by atoms with Crippen LogP contribution in [0.15, 0.2) is 47.2 Å². The second-order valence-electron chi connectivity index (χ2n) is 6.00. The molecular formula is C17H14N6OS2. The Morgan fingerprint density at radius 2 is 2.31 bits per heavy atom. The summed E-state index contributed by atoms with van der Waals surface area (Å²) >= 11 is 6.39. The SMILES string of the molecule is N#CC1=C(N)N(c2n[nH]c(=S)s2)C2=C(C(=O)CCC2)C1c1cccnc1. The van der Waals surface area contributed by atoms with E-state index in [4.69, 9.17) is 18.0 Å². The fourth-order valence-electron chi connectivity index (χ4n) is 3.50. The van der Waals surface area contributed by atoms with Crippen LogP contribution < -0.4 is 10.6 Å². The third-order valence-corrected chi connectivity index (χ3v) is 5.62. The van der Waals surface area contributed by atoms with Gasteiger partial charge in [-0.3, -0.25) is 19.8 Å². The first-order chi connectivity index (χ1) is 12.6. The molecule has 2 aliphatic rings. The van der Waals surface area contributed by atoms with E-state index in [2.05, 4.69) is 21.3 Å². The quantitative estimate of drug-likeness (QED) is 0.768. The van der Waals surface area contributed by atoms with Gasteiger partial charge in [0.2, 0.25) is 5.13 Å². The Bertz CT molecular complexity index is 1040. The molecule has 4 rings (SSSR count). The maximum absolute atomic E-state index is 12.8. The number of nitrogens with one attached hydrogen (secondary N) is 1. The predicted octanol–water partition coefficient (Wildman–Crippen LogP) is 2.90. The van der Waals surface area contributed by atoms with Crippen LogP contribution in [-0.2, 0) is 4.79 Å². The molecule has 7 nitrogen and oxygen atoms in total. The normalized spacial score (nSPS) is 20.2. The molecule has 1 unspecified atom stereocenters. The van der Waals surface area contributed by atoms with E-state index in [-0.39, 0.29) is 11.6 Å². The van der Waals surface area contributed by atoms with Crippen molar-refractivity contribution in [3.8, 4) is 6.07 Å². The molecule has 0 bridgehead atoms. The number of aromatic nitrogens is 3. The highest BCUT2D eigenvalue weighted by Crippen LogP contribution is 2.46. The average molecular weight is 382 g/mol. The summed E-state index contributed by atoms with van der Waals surface area (Å²) in [5.74, 6) is -0.184. The Morgan fingerprint density at radius 3 is 2.96 bits per heavy atom. The van der Waals surface area contributed by atoms with Crippen molar-refractivity contribution in [1.82, 2.24) is 15.2 Å². The van der Waals surface area contributed by atoms with Crippen LogP contribution in [0.4, 0.5) is 5.13 Å². The number of pyridine rings is 1. The predicted molar refractivity (Wildman–Crippen MR) is 99.5 cm³/mol. The number of nitrogens with two attached hydrogens (primary N) is 1. The van der Waals surface area contributed by atoms with Crippen molar-refractivity contribution in [3.63, 3.8) is 0 Å². The lowest BCUT2D eigenvalue weighted by Gasteiger charge is -2.37. The van der Waals surface area contributed by atoms with Gasteiger partial charge in [0.25, 0.3) is 0 Å². The van der Waals surface area contributed by atoms with Crippen molar-refractivity contribution in [1.29, 1.82) is 5.26 Å². The lowest BCUT2D eigenvalue weighted by atomic mass is 9.76. The van der Waals surface area contributed by atoms with Gasteiger partial charge >= 0.3 is 0 Å². The molecule has 0 fully saturated rings. The first-order valence-electron chi connectivity index (χ1n) is 8.03. The van der Waals surface area contributed by atoms with Crippen LogP contribution in [0.1, 0.15) is 30.7 Å². The van der Waals surface area contributed by atoms with E-state index in [1.807, 2.05) is 6.07 Å². The second kappa shape index (κ2) is 6.48. The van der Waals surface area contributed by atoms with Crippen LogP contribution in [0.5, 0.6) is 0 Å². The van der Waals surface area contributed by atoms with Gasteiger partial charge in [-0.1, -0.05) is 17.4 Å². The van der Waals surface area contributed by atoms with Crippen molar-refractivity contribution in [2.24, 2.45) is 5.73 Å². The smallest absolute Gasteiger partial charge is 0.216 e. The zero-order valence-electron chi connectivity index (χ0n) is 13.6. The Morgan fingerprint density at radius 1 is 1.46 bits per heavy atom. The topological polar surface area (TPSA) is 112 Å². The third kappa shape index (κ3) is 2.55. The zero-order chi connectivity index (χ0) is 18.3. The summed E-state index contributed by atoms with van der Waals surface area (Å²) in [7, 11) is 0. The first kappa shape index (κ1) is 16.6. The minimum atomic E-state index is -0.500. The molecule has 2 aromatic heterocycles. The molecule has 130 valence electrons. The maximum atomic E-state index is 12.8. The van der Waals surface area contributed by atoms with Gasteiger partial charge in [0.1, 0.15) is 5.82 Å². The number of rotatable bonds is 2. The Kier molecular flexibility index (Phi) is 4.14. The molecule has 0 amide bonds. The Hall–Kier alpha value is -2.83. The number of hydrogen-bond acceptors (Lipinski definition) is 8. The number of carbonyl (C=O) groups is 1. The molecule has 1 aliphatic heterocycles. The summed E-state index contributed by atoms with van der Waals surface area (Å²) in [6.45, 7) is 0. The lowest BCUT2D eigenvalue weighted by Crippen LogP contribution is -2.38. The highest BCUT2D eigenvalue weighted by Gasteiger charge is 2.41. The number of hydrogen-bond donors (Lipinski definition) is 2.